The number of benzene rings is 1. The summed E-state index contributed by atoms with van der Waals surface area (Å²) in [4.78, 5) is 26.5. The normalized spacial score (nSPS) is 18.9. The van der Waals surface area contributed by atoms with Crippen LogP contribution in [0.25, 0.3) is 0 Å². The molecule has 6 heteroatoms. The van der Waals surface area contributed by atoms with Crippen molar-refractivity contribution in [2.24, 2.45) is 0 Å². The number of hydrogen-bond donors (Lipinski definition) is 0. The summed E-state index contributed by atoms with van der Waals surface area (Å²) in [6.45, 7) is 1.69. The molecule has 0 radical (unpaired) electrons. The number of rotatable bonds is 3. The first kappa shape index (κ1) is 13.0. The average molecular weight is 261 g/mol. The van der Waals surface area contributed by atoms with Gasteiger partial charge in [-0.1, -0.05) is 0 Å². The van der Waals surface area contributed by atoms with Gasteiger partial charge in [0.15, 0.2) is 0 Å². The molecule has 0 saturated carbocycles. The Morgan fingerprint density at radius 2 is 1.95 bits per heavy atom. The minimum absolute atomic E-state index is 0.0796. The number of hydrogen-bond acceptors (Lipinski definition) is 3. The third-order valence-corrected chi connectivity index (χ3v) is 3.00. The quantitative estimate of drug-likeness (QED) is 0.780. The fourth-order valence-corrected chi connectivity index (χ4v) is 2.03. The van der Waals surface area contributed by atoms with Crippen LogP contribution in [0.2, 0.25) is 0 Å². The number of nitriles is 1. The van der Waals surface area contributed by atoms with Gasteiger partial charge < -0.3 is 0 Å². The Balaban J connectivity index is 2.27. The number of carbonyl (C=O) groups excluding carboxylic acids is 2. The van der Waals surface area contributed by atoms with Gasteiger partial charge in [-0.3, -0.25) is 14.6 Å². The Morgan fingerprint density at radius 1 is 1.32 bits per heavy atom. The predicted octanol–water partition coefficient (Wildman–Crippen LogP) is 1.90. The maximum atomic E-state index is 12.9. The molecule has 1 aromatic rings. The molecule has 1 aliphatic rings. The van der Waals surface area contributed by atoms with Gasteiger partial charge in [-0.25, -0.2) is 9.18 Å². The van der Waals surface area contributed by atoms with Crippen LogP contribution in [-0.4, -0.2) is 29.4 Å². The lowest BCUT2D eigenvalue weighted by molar-refractivity contribution is -0.126. The standard InChI is InChI=1S/C13H12FN3O2/c1-9-12(18)16(8-2-7-15)13(19)17(9)11-5-3-10(14)4-6-11/h3-6,9H,2,8H2,1H3/t9-/m0/s1. The first-order chi connectivity index (χ1) is 9.06. The lowest BCUT2D eigenvalue weighted by Gasteiger charge is -2.19. The first-order valence-electron chi connectivity index (χ1n) is 5.83. The summed E-state index contributed by atoms with van der Waals surface area (Å²) in [5, 5.41) is 8.52. The van der Waals surface area contributed by atoms with Crippen LogP contribution in [0.5, 0.6) is 0 Å². The van der Waals surface area contributed by atoms with Gasteiger partial charge in [0.1, 0.15) is 11.9 Å². The van der Waals surface area contributed by atoms with Gasteiger partial charge in [-0.2, -0.15) is 5.26 Å². The van der Waals surface area contributed by atoms with E-state index in [4.69, 9.17) is 5.26 Å². The van der Waals surface area contributed by atoms with Crippen molar-refractivity contribution in [3.05, 3.63) is 30.1 Å². The summed E-state index contributed by atoms with van der Waals surface area (Å²) in [5.74, 6) is -0.750. The van der Waals surface area contributed by atoms with Crippen LogP contribution in [0.3, 0.4) is 0 Å². The average Bonchev–Trinajstić information content (AvgIpc) is 2.60. The summed E-state index contributed by atoms with van der Waals surface area (Å²) in [6.07, 6.45) is 0.0987. The van der Waals surface area contributed by atoms with Crippen LogP contribution >= 0.6 is 0 Å². The van der Waals surface area contributed by atoms with Crippen molar-refractivity contribution in [1.82, 2.24) is 4.90 Å². The van der Waals surface area contributed by atoms with Gasteiger partial charge in [0.25, 0.3) is 5.91 Å². The van der Waals surface area contributed by atoms with E-state index in [0.29, 0.717) is 5.69 Å². The predicted molar refractivity (Wildman–Crippen MR) is 65.7 cm³/mol. The van der Waals surface area contributed by atoms with Gasteiger partial charge in [0.2, 0.25) is 0 Å². The molecule has 1 heterocycles. The maximum Gasteiger partial charge on any atom is 0.332 e. The van der Waals surface area contributed by atoms with E-state index in [0.717, 1.165) is 4.90 Å². The maximum absolute atomic E-state index is 12.9. The summed E-state index contributed by atoms with van der Waals surface area (Å²) >= 11 is 0. The molecule has 2 rings (SSSR count). The molecule has 0 aliphatic carbocycles. The zero-order chi connectivity index (χ0) is 14.0. The van der Waals surface area contributed by atoms with Crippen LogP contribution in [0.15, 0.2) is 24.3 Å². The van der Waals surface area contributed by atoms with Crippen LogP contribution in [0, 0.1) is 17.1 Å². The molecule has 0 unspecified atom stereocenters. The minimum Gasteiger partial charge on any atom is -0.282 e. The number of imide groups is 1. The fraction of sp³-hybridized carbons (Fsp3) is 0.308. The Labute approximate surface area is 109 Å². The second-order valence-corrected chi connectivity index (χ2v) is 4.20. The summed E-state index contributed by atoms with van der Waals surface area (Å²) in [6, 6.07) is 6.15. The number of halogens is 1. The van der Waals surface area contributed by atoms with Gasteiger partial charge >= 0.3 is 6.03 Å². The summed E-state index contributed by atoms with van der Waals surface area (Å²) < 4.78 is 12.9. The molecule has 5 nitrogen and oxygen atoms in total. The van der Waals surface area contributed by atoms with Crippen molar-refractivity contribution >= 4 is 17.6 Å². The van der Waals surface area contributed by atoms with E-state index < -0.39 is 17.9 Å². The van der Waals surface area contributed by atoms with Crippen molar-refractivity contribution in [3.8, 4) is 6.07 Å². The van der Waals surface area contributed by atoms with Crippen molar-refractivity contribution in [3.63, 3.8) is 0 Å². The second kappa shape index (κ2) is 5.06. The Hall–Kier alpha value is -2.42. The number of anilines is 1. The fourth-order valence-electron chi connectivity index (χ4n) is 2.03. The van der Waals surface area contributed by atoms with Crippen LogP contribution in [0.4, 0.5) is 14.9 Å². The smallest absolute Gasteiger partial charge is 0.282 e. The molecule has 0 N–H and O–H groups in total. The molecule has 1 aromatic carbocycles. The molecule has 1 saturated heterocycles. The molecule has 3 amide bonds. The van der Waals surface area contributed by atoms with E-state index in [1.54, 1.807) is 6.92 Å². The lowest BCUT2D eigenvalue weighted by atomic mass is 10.2. The Morgan fingerprint density at radius 3 is 2.53 bits per heavy atom. The Bertz CT molecular complexity index is 550. The monoisotopic (exact) mass is 261 g/mol. The van der Waals surface area contributed by atoms with Gasteiger partial charge in [-0.05, 0) is 31.2 Å². The van der Waals surface area contributed by atoms with E-state index in [1.807, 2.05) is 6.07 Å². The van der Waals surface area contributed by atoms with Crippen molar-refractivity contribution in [2.45, 2.75) is 19.4 Å². The summed E-state index contributed by atoms with van der Waals surface area (Å²) in [7, 11) is 0. The number of urea groups is 1. The number of amides is 3. The first-order valence-corrected chi connectivity index (χ1v) is 5.83. The molecule has 0 bridgehead atoms. The molecule has 1 aliphatic heterocycles. The lowest BCUT2D eigenvalue weighted by Crippen LogP contribution is -2.34. The van der Waals surface area contributed by atoms with E-state index in [1.165, 1.54) is 29.2 Å². The molecular weight excluding hydrogens is 249 g/mol. The van der Waals surface area contributed by atoms with Crippen molar-refractivity contribution in [1.29, 1.82) is 5.26 Å². The minimum atomic E-state index is -0.642. The molecule has 1 atom stereocenters. The van der Waals surface area contributed by atoms with Crippen LogP contribution in [-0.2, 0) is 4.79 Å². The van der Waals surface area contributed by atoms with Gasteiger partial charge in [0.05, 0.1) is 12.5 Å². The molecule has 98 valence electrons. The number of nitrogens with zero attached hydrogens (tertiary/aromatic N) is 3. The number of carbonyl (C=O) groups is 2. The molecule has 0 aromatic heterocycles. The van der Waals surface area contributed by atoms with Crippen molar-refractivity contribution in [2.75, 3.05) is 11.4 Å². The molecular formula is C13H12FN3O2. The third kappa shape index (κ3) is 2.27. The highest BCUT2D eigenvalue weighted by Gasteiger charge is 2.42. The Kier molecular flexibility index (Phi) is 3.47. The second-order valence-electron chi connectivity index (χ2n) is 4.20. The van der Waals surface area contributed by atoms with E-state index in [2.05, 4.69) is 0 Å². The third-order valence-electron chi connectivity index (χ3n) is 3.00. The highest BCUT2D eigenvalue weighted by atomic mass is 19.1. The van der Waals surface area contributed by atoms with Crippen LogP contribution in [0.1, 0.15) is 13.3 Å². The largest absolute Gasteiger partial charge is 0.332 e. The van der Waals surface area contributed by atoms with Gasteiger partial charge in [0, 0.05) is 12.2 Å². The highest BCUT2D eigenvalue weighted by molar-refractivity contribution is 6.14. The van der Waals surface area contributed by atoms with E-state index in [-0.39, 0.29) is 18.9 Å². The van der Waals surface area contributed by atoms with Crippen LogP contribution < -0.4 is 4.90 Å². The SMILES string of the molecule is C[C@H]1C(=O)N(CCC#N)C(=O)N1c1ccc(F)cc1. The molecule has 1 fully saturated rings. The van der Waals surface area contributed by atoms with Crippen molar-refractivity contribution < 1.29 is 14.0 Å². The highest BCUT2D eigenvalue weighted by Crippen LogP contribution is 2.25. The molecule has 0 spiro atoms. The molecule has 19 heavy (non-hydrogen) atoms. The van der Waals surface area contributed by atoms with Gasteiger partial charge in [-0.15, -0.1) is 0 Å². The van der Waals surface area contributed by atoms with E-state index in [9.17, 15) is 14.0 Å². The zero-order valence-corrected chi connectivity index (χ0v) is 10.3. The zero-order valence-electron chi connectivity index (χ0n) is 10.3. The topological polar surface area (TPSA) is 64.4 Å². The van der Waals surface area contributed by atoms with E-state index >= 15 is 0 Å². The summed E-state index contributed by atoms with van der Waals surface area (Å²) in [5.41, 5.74) is 0.465.